The summed E-state index contributed by atoms with van der Waals surface area (Å²) in [7, 11) is 0. The Bertz CT molecular complexity index is 809. The van der Waals surface area contributed by atoms with E-state index in [1.165, 1.54) is 12.1 Å². The van der Waals surface area contributed by atoms with Crippen LogP contribution in [0.15, 0.2) is 54.6 Å². The van der Waals surface area contributed by atoms with E-state index in [-0.39, 0.29) is 11.1 Å². The maximum absolute atomic E-state index is 12.5. The van der Waals surface area contributed by atoms with Gasteiger partial charge in [-0.2, -0.15) is 0 Å². The van der Waals surface area contributed by atoms with Crippen LogP contribution in [0.2, 0.25) is 0 Å². The molecule has 3 rings (SSSR count). The van der Waals surface area contributed by atoms with Gasteiger partial charge in [0.1, 0.15) is 5.75 Å². The van der Waals surface area contributed by atoms with Gasteiger partial charge in [0.25, 0.3) is 11.8 Å². The summed E-state index contributed by atoms with van der Waals surface area (Å²) in [5.41, 5.74) is -0.463. The molecule has 0 saturated carbocycles. The quantitative estimate of drug-likeness (QED) is 0.746. The van der Waals surface area contributed by atoms with Crippen molar-refractivity contribution in [3.8, 4) is 5.75 Å². The molecule has 6 heteroatoms. The second-order valence-corrected chi connectivity index (χ2v) is 6.62. The molecule has 0 spiro atoms. The summed E-state index contributed by atoms with van der Waals surface area (Å²) >= 11 is 0. The molecular weight excluding hydrogens is 334 g/mol. The summed E-state index contributed by atoms with van der Waals surface area (Å²) in [6.07, 6.45) is 0.365. The summed E-state index contributed by atoms with van der Waals surface area (Å²) in [6.45, 7) is 3.66. The van der Waals surface area contributed by atoms with Crippen LogP contribution in [0.4, 0.5) is 0 Å². The maximum Gasteiger partial charge on any atom is 0.338 e. The van der Waals surface area contributed by atoms with Gasteiger partial charge in [0.05, 0.1) is 23.1 Å². The third-order valence-electron chi connectivity index (χ3n) is 4.22. The monoisotopic (exact) mass is 353 g/mol. The molecule has 0 aliphatic carbocycles. The van der Waals surface area contributed by atoms with Crippen LogP contribution in [-0.2, 0) is 9.63 Å². The van der Waals surface area contributed by atoms with E-state index in [1.54, 1.807) is 26.0 Å². The molecule has 26 heavy (non-hydrogen) atoms. The van der Waals surface area contributed by atoms with E-state index in [4.69, 9.17) is 9.57 Å². The zero-order chi connectivity index (χ0) is 18.7. The van der Waals surface area contributed by atoms with Gasteiger partial charge < -0.3 is 9.57 Å². The molecule has 0 unspecified atom stereocenters. The largest absolute Gasteiger partial charge is 0.494 e. The van der Waals surface area contributed by atoms with Gasteiger partial charge in [0.15, 0.2) is 0 Å². The minimum absolute atomic E-state index is 0.232. The third-order valence-corrected chi connectivity index (χ3v) is 4.22. The van der Waals surface area contributed by atoms with Crippen molar-refractivity contribution < 1.29 is 24.0 Å². The molecule has 2 aromatic rings. The number of fused-ring (bicyclic) bond motifs is 1. The van der Waals surface area contributed by atoms with Crippen LogP contribution in [-0.4, -0.2) is 29.5 Å². The molecule has 0 N–H and O–H groups in total. The highest BCUT2D eigenvalue weighted by Crippen LogP contribution is 2.27. The first-order chi connectivity index (χ1) is 12.4. The lowest BCUT2D eigenvalue weighted by molar-refractivity contribution is -0.180. The molecule has 2 amide bonds. The van der Waals surface area contributed by atoms with Crippen molar-refractivity contribution in [1.29, 1.82) is 0 Å². The summed E-state index contributed by atoms with van der Waals surface area (Å²) in [5, 5.41) is 0.535. The standard InChI is InChI=1S/C20H19NO5/c1-20(2,12-13-25-14-8-4-3-5-9-14)19(24)26-21-17(22)15-10-6-7-11-16(15)18(21)23/h3-11H,12-13H2,1-2H3. The normalized spacial score (nSPS) is 13.5. The van der Waals surface area contributed by atoms with E-state index in [9.17, 15) is 14.4 Å². The van der Waals surface area contributed by atoms with Crippen LogP contribution in [0, 0.1) is 5.41 Å². The molecule has 1 heterocycles. The van der Waals surface area contributed by atoms with E-state index >= 15 is 0 Å². The summed E-state index contributed by atoms with van der Waals surface area (Å²) in [6, 6.07) is 15.6. The lowest BCUT2D eigenvalue weighted by atomic mass is 9.90. The molecule has 0 saturated heterocycles. The number of hydrogen-bond acceptors (Lipinski definition) is 5. The van der Waals surface area contributed by atoms with Gasteiger partial charge in [-0.3, -0.25) is 9.59 Å². The average molecular weight is 353 g/mol. The van der Waals surface area contributed by atoms with Crippen LogP contribution >= 0.6 is 0 Å². The number of nitrogens with zero attached hydrogens (tertiary/aromatic N) is 1. The van der Waals surface area contributed by atoms with Gasteiger partial charge in [0.2, 0.25) is 0 Å². The SMILES string of the molecule is CC(C)(CCOc1ccccc1)C(=O)ON1C(=O)c2ccccc2C1=O. The van der Waals surface area contributed by atoms with Crippen molar-refractivity contribution in [2.75, 3.05) is 6.61 Å². The average Bonchev–Trinajstić information content (AvgIpc) is 2.88. The molecule has 0 bridgehead atoms. The van der Waals surface area contributed by atoms with Crippen molar-refractivity contribution in [2.24, 2.45) is 5.41 Å². The lowest BCUT2D eigenvalue weighted by Crippen LogP contribution is -2.38. The van der Waals surface area contributed by atoms with Crippen LogP contribution in [0.3, 0.4) is 0 Å². The first-order valence-corrected chi connectivity index (χ1v) is 8.28. The number of ether oxygens (including phenoxy) is 1. The first-order valence-electron chi connectivity index (χ1n) is 8.28. The molecule has 0 fully saturated rings. The minimum atomic E-state index is -0.926. The molecule has 1 aliphatic heterocycles. The van der Waals surface area contributed by atoms with Crippen LogP contribution < -0.4 is 4.74 Å². The van der Waals surface area contributed by atoms with E-state index in [0.717, 1.165) is 0 Å². The third kappa shape index (κ3) is 3.44. The molecule has 134 valence electrons. The minimum Gasteiger partial charge on any atom is -0.494 e. The predicted molar refractivity (Wildman–Crippen MR) is 93.4 cm³/mol. The number of hydroxylamine groups is 2. The van der Waals surface area contributed by atoms with Crippen molar-refractivity contribution in [3.05, 3.63) is 65.7 Å². The number of carbonyl (C=O) groups is 3. The Balaban J connectivity index is 1.60. The number of para-hydroxylation sites is 1. The Hall–Kier alpha value is -3.15. The van der Waals surface area contributed by atoms with Gasteiger partial charge >= 0.3 is 5.97 Å². The highest BCUT2D eigenvalue weighted by molar-refractivity contribution is 6.20. The van der Waals surface area contributed by atoms with Gasteiger partial charge in [0, 0.05) is 0 Å². The fraction of sp³-hybridized carbons (Fsp3) is 0.250. The Kier molecular flexibility index (Phi) is 4.75. The number of imide groups is 1. The van der Waals surface area contributed by atoms with Crippen molar-refractivity contribution >= 4 is 17.8 Å². The highest BCUT2D eigenvalue weighted by Gasteiger charge is 2.41. The zero-order valence-corrected chi connectivity index (χ0v) is 14.6. The van der Waals surface area contributed by atoms with E-state index in [1.807, 2.05) is 30.3 Å². The van der Waals surface area contributed by atoms with E-state index in [2.05, 4.69) is 0 Å². The van der Waals surface area contributed by atoms with Crippen molar-refractivity contribution in [1.82, 2.24) is 5.06 Å². The predicted octanol–water partition coefficient (Wildman–Crippen LogP) is 3.24. The summed E-state index contributed by atoms with van der Waals surface area (Å²) in [4.78, 5) is 42.2. The first kappa shape index (κ1) is 17.7. The van der Waals surface area contributed by atoms with Crippen molar-refractivity contribution in [2.45, 2.75) is 20.3 Å². The molecule has 1 aliphatic rings. The fourth-order valence-corrected chi connectivity index (χ4v) is 2.50. The molecule has 2 aromatic carbocycles. The van der Waals surface area contributed by atoms with Gasteiger partial charge in [-0.1, -0.05) is 35.4 Å². The summed E-state index contributed by atoms with van der Waals surface area (Å²) in [5.74, 6) is -1.22. The fourth-order valence-electron chi connectivity index (χ4n) is 2.50. The van der Waals surface area contributed by atoms with E-state index in [0.29, 0.717) is 23.8 Å². The zero-order valence-electron chi connectivity index (χ0n) is 14.6. The van der Waals surface area contributed by atoms with Crippen LogP contribution in [0.1, 0.15) is 41.0 Å². The second kappa shape index (κ2) is 7.00. The highest BCUT2D eigenvalue weighted by atomic mass is 16.7. The Morgan fingerprint density at radius 1 is 0.923 bits per heavy atom. The van der Waals surface area contributed by atoms with Gasteiger partial charge in [-0.15, -0.1) is 0 Å². The van der Waals surface area contributed by atoms with Gasteiger partial charge in [-0.05, 0) is 44.5 Å². The molecule has 0 radical (unpaired) electrons. The van der Waals surface area contributed by atoms with Crippen LogP contribution in [0.5, 0.6) is 5.75 Å². The maximum atomic E-state index is 12.5. The number of benzene rings is 2. The smallest absolute Gasteiger partial charge is 0.338 e. The number of carbonyl (C=O) groups excluding carboxylic acids is 3. The second-order valence-electron chi connectivity index (χ2n) is 6.62. The Morgan fingerprint density at radius 3 is 2.04 bits per heavy atom. The Labute approximate surface area is 151 Å². The number of hydrogen-bond donors (Lipinski definition) is 0. The molecular formula is C20H19NO5. The lowest BCUT2D eigenvalue weighted by Gasteiger charge is -2.24. The summed E-state index contributed by atoms with van der Waals surface area (Å²) < 4.78 is 5.60. The van der Waals surface area contributed by atoms with E-state index < -0.39 is 23.2 Å². The number of rotatable bonds is 6. The van der Waals surface area contributed by atoms with Gasteiger partial charge in [-0.25, -0.2) is 4.79 Å². The molecule has 0 aromatic heterocycles. The Morgan fingerprint density at radius 2 is 1.46 bits per heavy atom. The topological polar surface area (TPSA) is 72.9 Å². The number of amides is 2. The van der Waals surface area contributed by atoms with Crippen LogP contribution in [0.25, 0.3) is 0 Å². The van der Waals surface area contributed by atoms with Crippen molar-refractivity contribution in [3.63, 3.8) is 0 Å². The molecule has 6 nitrogen and oxygen atoms in total. The molecule has 0 atom stereocenters.